The Morgan fingerprint density at radius 3 is 1.61 bits per heavy atom. The Kier molecular flexibility index (Phi) is 41.0. The number of benzene rings is 2. The predicted octanol–water partition coefficient (Wildman–Crippen LogP) is 7.25. The topological polar surface area (TPSA) is 410 Å². The van der Waals surface area contributed by atoms with Crippen LogP contribution in [0.15, 0.2) is 61.3 Å². The molecule has 4 rings (SSSR count). The van der Waals surface area contributed by atoms with E-state index in [0.29, 0.717) is 4.68 Å². The van der Waals surface area contributed by atoms with Crippen LogP contribution in [0, 0.1) is 41.4 Å². The van der Waals surface area contributed by atoms with Crippen LogP contribution < -0.4 is 42.0 Å². The lowest BCUT2D eigenvalue weighted by Crippen LogP contribution is -2.63. The van der Waals surface area contributed by atoms with Gasteiger partial charge in [-0.05, 0) is 155 Å². The number of aromatic nitrogens is 2. The smallest absolute Gasteiger partial charge is 0.434 e. The maximum absolute atomic E-state index is 15.5. The van der Waals surface area contributed by atoms with Gasteiger partial charge in [0, 0.05) is 85.1 Å². The number of ketones is 1. The molecule has 2 aromatic carbocycles. The van der Waals surface area contributed by atoms with Gasteiger partial charge in [-0.3, -0.25) is 71.9 Å². The minimum Gasteiger partial charge on any atom is -0.486 e. The number of nitrogens with one attached hydrogen (secondary N) is 7. The molecule has 2 heterocycles. The lowest BCUT2D eigenvalue weighted by molar-refractivity contribution is -0.157. The number of carbonyl (C=O) groups is 15. The molecule has 33 nitrogen and oxygen atoms in total. The summed E-state index contributed by atoms with van der Waals surface area (Å²) in [6.45, 7) is 29.6. The lowest BCUT2D eigenvalue weighted by Gasteiger charge is -2.41. The summed E-state index contributed by atoms with van der Waals surface area (Å²) in [5.74, 6) is -13.9. The van der Waals surface area contributed by atoms with Gasteiger partial charge in [0.05, 0.1) is 30.1 Å². The van der Waals surface area contributed by atoms with Crippen molar-refractivity contribution < 1.29 is 94.9 Å². The third kappa shape index (κ3) is 30.1. The van der Waals surface area contributed by atoms with E-state index in [-0.39, 0.29) is 122 Å². The number of likely N-dealkylation sites (N-methyl/N-ethyl adjacent to an activating group) is 7. The van der Waals surface area contributed by atoms with Crippen molar-refractivity contribution in [1.29, 1.82) is 0 Å². The molecule has 0 spiro atoms. The summed E-state index contributed by atoms with van der Waals surface area (Å²) in [4.78, 5) is 222. The van der Waals surface area contributed by atoms with Gasteiger partial charge in [0.25, 0.3) is 5.91 Å². The van der Waals surface area contributed by atoms with Crippen molar-refractivity contribution in [3.63, 3.8) is 0 Å². The zero-order chi connectivity index (χ0) is 94.1. The SMILES string of the molecule is C=CC(=O)Nc1cc(Cl)cc(NC(=O)c2cnn(-c3ccc(OCC(=O)CCCNC(=O)CCC[C@@H](C)[C@@H](O)[C@H]4C(=O)N[C@@H](CC)C(=O)N(C)CC(=O)N(C)[C@@H](CC(C)C)C(=O)N[C@@H](C(C)C)C(=O)N(C)[C@@H](CC(C)C)C(=O)N[C@@H](C)C(=O)N[C@H](C)C(=O)N(C)[C@@H](CC(C)C)C(=O)N(C)[C@@H](CC(C)C)C(=O)N(C)[C@@H](C(C)C)C(=O)N4C)cc3)c2C(F)(F)F)c1. The Hall–Kier alpha value is -10.5. The summed E-state index contributed by atoms with van der Waals surface area (Å²) in [5, 5.41) is 34.9. The summed E-state index contributed by atoms with van der Waals surface area (Å²) in [6, 6.07) is -4.40. The zero-order valence-corrected chi connectivity index (χ0v) is 76.8. The minimum atomic E-state index is -5.09. The number of Topliss-reactive ketones (excluding diaryl/α,β-unsaturated/α-hetero) is 1. The third-order valence-electron chi connectivity index (χ3n) is 21.7. The van der Waals surface area contributed by atoms with Crippen LogP contribution in [0.4, 0.5) is 24.5 Å². The second-order valence-electron chi connectivity index (χ2n) is 34.6. The second kappa shape index (κ2) is 48.1. The molecule has 1 aromatic heterocycles. The highest BCUT2D eigenvalue weighted by atomic mass is 35.5. The standard InChI is InChI=1S/C87H132ClF3N16O17/c1-25-63-82(119)100(18)45-70(111)101(19)64(37-47(3)4)79(116)99-71(51(11)12)85(122)102(20)65(38-48(5)6)78(115)94-54(16)76(113)95-55(17)81(118)103(21)66(39-49(7)8)83(120)104(22)67(40-50(9)10)84(121)105(23)72(52(13)14)86(123)106(24)73(80(117)98-63)74(112)53(15)29-27-31-69(110)92-36-28-30-60(108)46-124-61-34-32-59(33-35-61)107-75(87(89,90)91)62(44-93-107)77(114)97-58-42-56(88)41-57(43-58)96-68(109)26-2/h26,32-35,41-44,47-55,63-67,71-74,112H,2,25,27-31,36-40,45-46H2,1,3-24H3,(H,92,110)(H,94,115)(H,95,113)(H,96,109)(H,97,114)(H,98,117)(H,99,116)/t53-,54+,55-,63+,64+,65+,66+,67+,71+,72+,73+,74-/m1/s1. The molecule has 8 N–H and O–H groups in total. The Balaban J connectivity index is 1.65. The van der Waals surface area contributed by atoms with Crippen molar-refractivity contribution in [2.45, 2.75) is 248 Å². The van der Waals surface area contributed by atoms with Crippen LogP contribution in [-0.2, 0) is 73.3 Å². The number of hydrogen-bond acceptors (Lipinski definition) is 18. The molecule has 690 valence electrons. The molecular weight excluding hydrogens is 1630 g/mol. The van der Waals surface area contributed by atoms with Crippen LogP contribution in [-0.4, -0.2) is 273 Å². The highest BCUT2D eigenvalue weighted by molar-refractivity contribution is 6.31. The van der Waals surface area contributed by atoms with Gasteiger partial charge in [-0.15, -0.1) is 0 Å². The fourth-order valence-corrected chi connectivity index (χ4v) is 14.8. The van der Waals surface area contributed by atoms with Gasteiger partial charge in [0.15, 0.2) is 11.5 Å². The molecule has 37 heteroatoms. The Bertz CT molecular complexity index is 4250. The van der Waals surface area contributed by atoms with E-state index in [1.807, 2.05) is 55.4 Å². The lowest BCUT2D eigenvalue weighted by atomic mass is 9.90. The van der Waals surface area contributed by atoms with Crippen molar-refractivity contribution >= 4 is 111 Å². The Morgan fingerprint density at radius 1 is 0.589 bits per heavy atom. The van der Waals surface area contributed by atoms with E-state index in [2.05, 4.69) is 48.9 Å². The average Bonchev–Trinajstić information content (AvgIpc) is 1.56. The molecular formula is C87H132ClF3N16O17. The number of nitrogens with zero attached hydrogens (tertiary/aromatic N) is 9. The van der Waals surface area contributed by atoms with Crippen molar-refractivity contribution in [2.75, 3.05) is 79.7 Å². The van der Waals surface area contributed by atoms with Crippen LogP contribution in [0.25, 0.3) is 5.69 Å². The summed E-state index contributed by atoms with van der Waals surface area (Å²) in [6.07, 6.45) is -4.69. The van der Waals surface area contributed by atoms with Crippen LogP contribution in [0.2, 0.25) is 5.02 Å². The molecule has 1 aliphatic rings. The molecule has 3 aromatic rings. The molecule has 0 saturated carbocycles. The van der Waals surface area contributed by atoms with Crippen LogP contribution in [0.1, 0.15) is 191 Å². The van der Waals surface area contributed by atoms with E-state index >= 15 is 19.2 Å². The molecule has 0 radical (unpaired) electrons. The number of anilines is 2. The van der Waals surface area contributed by atoms with Gasteiger partial charge in [-0.1, -0.05) is 115 Å². The van der Waals surface area contributed by atoms with Gasteiger partial charge >= 0.3 is 6.18 Å². The van der Waals surface area contributed by atoms with E-state index in [0.717, 1.165) is 27.0 Å². The fraction of sp³-hybridized carbons (Fsp3) is 0.632. The van der Waals surface area contributed by atoms with E-state index in [4.69, 9.17) is 16.3 Å². The number of ether oxygens (including phenoxy) is 1. The van der Waals surface area contributed by atoms with E-state index in [1.54, 1.807) is 41.5 Å². The first-order chi connectivity index (χ1) is 57.7. The number of halogens is 4. The van der Waals surface area contributed by atoms with Crippen LogP contribution in [0.3, 0.4) is 0 Å². The number of amides is 14. The monoisotopic (exact) mass is 1760 g/mol. The zero-order valence-electron chi connectivity index (χ0n) is 76.0. The van der Waals surface area contributed by atoms with Gasteiger partial charge < -0.3 is 81.4 Å². The largest absolute Gasteiger partial charge is 0.486 e. The molecule has 0 bridgehead atoms. The predicted molar refractivity (Wildman–Crippen MR) is 462 cm³/mol. The van der Waals surface area contributed by atoms with Crippen molar-refractivity contribution in [2.24, 2.45) is 41.4 Å². The second-order valence-corrected chi connectivity index (χ2v) is 35.1. The molecule has 124 heavy (non-hydrogen) atoms. The number of alkyl halides is 3. The number of rotatable bonds is 29. The summed E-state index contributed by atoms with van der Waals surface area (Å²) >= 11 is 6.14. The first-order valence-corrected chi connectivity index (χ1v) is 42.5. The van der Waals surface area contributed by atoms with Gasteiger partial charge in [-0.2, -0.15) is 18.3 Å². The average molecular weight is 1770 g/mol. The Labute approximate surface area is 731 Å². The van der Waals surface area contributed by atoms with Crippen molar-refractivity contribution in [1.82, 2.24) is 70.7 Å². The van der Waals surface area contributed by atoms with Crippen molar-refractivity contribution in [3.8, 4) is 11.4 Å². The maximum Gasteiger partial charge on any atom is 0.434 e. The first kappa shape index (κ1) is 106. The molecule has 1 aliphatic heterocycles. The molecule has 1 saturated heterocycles. The number of aliphatic hydroxyl groups is 1. The van der Waals surface area contributed by atoms with E-state index in [1.165, 1.54) is 125 Å². The normalized spacial score (nSPS) is 22.0. The van der Waals surface area contributed by atoms with Crippen LogP contribution in [0.5, 0.6) is 5.75 Å². The van der Waals surface area contributed by atoms with Gasteiger partial charge in [-0.25, -0.2) is 4.68 Å². The van der Waals surface area contributed by atoms with Gasteiger partial charge in [0.2, 0.25) is 76.8 Å². The summed E-state index contributed by atoms with van der Waals surface area (Å²) in [7, 11) is 9.53. The number of hydrogen-bond donors (Lipinski definition) is 8. The first-order valence-electron chi connectivity index (χ1n) is 42.2. The number of carbonyl (C=O) groups excluding carboxylic acids is 15. The Morgan fingerprint density at radius 2 is 1.09 bits per heavy atom. The number of aliphatic hydroxyl groups excluding tert-OH is 1. The highest BCUT2D eigenvalue weighted by Gasteiger charge is 2.47. The molecule has 1 fully saturated rings. The van der Waals surface area contributed by atoms with E-state index < -0.39 is 203 Å². The summed E-state index contributed by atoms with van der Waals surface area (Å²) in [5.41, 5.74) is -2.25. The molecule has 14 amide bonds. The van der Waals surface area contributed by atoms with E-state index in [9.17, 15) is 71.0 Å². The minimum absolute atomic E-state index is 0.0310. The third-order valence-corrected chi connectivity index (χ3v) is 21.9. The quantitative estimate of drug-likeness (QED) is 0.0250. The van der Waals surface area contributed by atoms with Crippen LogP contribution >= 0.6 is 11.6 Å². The maximum atomic E-state index is 15.5. The molecule has 12 atom stereocenters. The fourth-order valence-electron chi connectivity index (χ4n) is 14.6. The highest BCUT2D eigenvalue weighted by Crippen LogP contribution is 2.36. The molecule has 0 unspecified atom stereocenters. The summed E-state index contributed by atoms with van der Waals surface area (Å²) < 4.78 is 50.1. The van der Waals surface area contributed by atoms with Crippen molar-refractivity contribution in [3.05, 3.63) is 77.6 Å². The van der Waals surface area contributed by atoms with Gasteiger partial charge in [0.1, 0.15) is 72.8 Å². The molecule has 0 aliphatic carbocycles.